The average Bonchev–Trinajstić information content (AvgIpc) is 3.30. The Bertz CT molecular complexity index is 978. The van der Waals surface area contributed by atoms with Crippen LogP contribution in [0.3, 0.4) is 0 Å². The third kappa shape index (κ3) is 6.93. The summed E-state index contributed by atoms with van der Waals surface area (Å²) in [5.41, 5.74) is 0.0141. The van der Waals surface area contributed by atoms with Gasteiger partial charge in [-0.1, -0.05) is 0 Å². The van der Waals surface area contributed by atoms with E-state index in [1.54, 1.807) is 0 Å². The maximum absolute atomic E-state index is 14.0. The summed E-state index contributed by atoms with van der Waals surface area (Å²) in [7, 11) is 0. The molecule has 0 radical (unpaired) electrons. The van der Waals surface area contributed by atoms with Crippen LogP contribution in [-0.4, -0.2) is 55.4 Å². The molecule has 2 fully saturated rings. The van der Waals surface area contributed by atoms with E-state index in [0.717, 1.165) is 69.6 Å². The standard InChI is InChI=1S/C26H38FN5O3/c1-18-15-21(6-7-22(18)23(33)29-11-8-20-16-28-17-20)34-14-4-5-19-9-12-32(13-10-19)25-30-24(35-31-25)26(2,3)27/h6-7,15,19-20,28H,4-5,8-14,16-17H2,1-3H3,(H,29,33). The second kappa shape index (κ2) is 11.4. The van der Waals surface area contributed by atoms with Gasteiger partial charge in [0.1, 0.15) is 5.75 Å². The van der Waals surface area contributed by atoms with Gasteiger partial charge >= 0.3 is 0 Å². The fourth-order valence-electron chi connectivity index (χ4n) is 4.59. The molecule has 3 heterocycles. The molecule has 1 aromatic heterocycles. The third-order valence-corrected chi connectivity index (χ3v) is 6.99. The normalized spacial score (nSPS) is 17.3. The predicted molar refractivity (Wildman–Crippen MR) is 133 cm³/mol. The first-order valence-corrected chi connectivity index (χ1v) is 12.8. The van der Waals surface area contributed by atoms with E-state index in [4.69, 9.17) is 9.26 Å². The lowest BCUT2D eigenvalue weighted by Gasteiger charge is -2.30. The Morgan fingerprint density at radius 1 is 1.26 bits per heavy atom. The van der Waals surface area contributed by atoms with Crippen molar-refractivity contribution < 1.29 is 18.4 Å². The lowest BCUT2D eigenvalue weighted by atomic mass is 9.92. The summed E-state index contributed by atoms with van der Waals surface area (Å²) < 4.78 is 25.0. The number of aryl methyl sites for hydroxylation is 1. The van der Waals surface area contributed by atoms with Gasteiger partial charge in [-0.15, -0.1) is 0 Å². The Balaban J connectivity index is 1.13. The summed E-state index contributed by atoms with van der Waals surface area (Å²) in [5, 5.41) is 10.2. The van der Waals surface area contributed by atoms with Gasteiger partial charge in [0.25, 0.3) is 17.7 Å². The fraction of sp³-hybridized carbons (Fsp3) is 0.654. The van der Waals surface area contributed by atoms with Crippen molar-refractivity contribution in [1.29, 1.82) is 0 Å². The van der Waals surface area contributed by atoms with Crippen LogP contribution >= 0.6 is 0 Å². The molecule has 4 rings (SSSR count). The van der Waals surface area contributed by atoms with Crippen LogP contribution in [0.25, 0.3) is 0 Å². The lowest BCUT2D eigenvalue weighted by molar-refractivity contribution is 0.0949. The molecule has 2 aliphatic rings. The van der Waals surface area contributed by atoms with Crippen molar-refractivity contribution in [3.63, 3.8) is 0 Å². The van der Waals surface area contributed by atoms with E-state index in [9.17, 15) is 9.18 Å². The van der Waals surface area contributed by atoms with Gasteiger partial charge in [0.2, 0.25) is 0 Å². The van der Waals surface area contributed by atoms with Crippen LogP contribution in [0.4, 0.5) is 10.3 Å². The Morgan fingerprint density at radius 3 is 2.66 bits per heavy atom. The van der Waals surface area contributed by atoms with E-state index in [1.165, 1.54) is 13.8 Å². The number of nitrogens with one attached hydrogen (secondary N) is 2. The van der Waals surface area contributed by atoms with Crippen molar-refractivity contribution in [2.24, 2.45) is 11.8 Å². The number of ether oxygens (including phenoxy) is 1. The summed E-state index contributed by atoms with van der Waals surface area (Å²) in [6.07, 6.45) is 5.18. The number of nitrogens with zero attached hydrogens (tertiary/aromatic N) is 3. The van der Waals surface area contributed by atoms with Crippen molar-refractivity contribution in [2.75, 3.05) is 44.2 Å². The van der Waals surface area contributed by atoms with E-state index in [-0.39, 0.29) is 11.8 Å². The summed E-state index contributed by atoms with van der Waals surface area (Å²) in [4.78, 5) is 18.7. The van der Waals surface area contributed by atoms with Crippen molar-refractivity contribution in [1.82, 2.24) is 20.8 Å². The molecule has 0 aliphatic carbocycles. The Hall–Kier alpha value is -2.68. The van der Waals surface area contributed by atoms with Gasteiger partial charge < -0.3 is 24.8 Å². The Morgan fingerprint density at radius 2 is 2.03 bits per heavy atom. The number of aromatic nitrogens is 2. The molecule has 2 aliphatic heterocycles. The number of hydrogen-bond donors (Lipinski definition) is 2. The molecule has 8 nitrogen and oxygen atoms in total. The van der Waals surface area contributed by atoms with E-state index < -0.39 is 5.67 Å². The summed E-state index contributed by atoms with van der Waals surface area (Å²) in [6.45, 7) is 9.96. The second-order valence-corrected chi connectivity index (χ2v) is 10.3. The maximum atomic E-state index is 14.0. The highest BCUT2D eigenvalue weighted by Gasteiger charge is 2.29. The summed E-state index contributed by atoms with van der Waals surface area (Å²) >= 11 is 0. The SMILES string of the molecule is Cc1cc(OCCCC2CCN(c3noc(C(C)(C)F)n3)CC2)ccc1C(=O)NCCC1CNC1. The summed E-state index contributed by atoms with van der Waals surface area (Å²) in [5.74, 6) is 2.61. The molecule has 192 valence electrons. The van der Waals surface area contributed by atoms with E-state index in [2.05, 4.69) is 25.7 Å². The van der Waals surface area contributed by atoms with Crippen molar-refractivity contribution in [3.05, 3.63) is 35.2 Å². The number of halogens is 1. The van der Waals surface area contributed by atoms with Crippen LogP contribution in [0.5, 0.6) is 5.75 Å². The zero-order valence-corrected chi connectivity index (χ0v) is 21.1. The Kier molecular flexibility index (Phi) is 8.26. The highest BCUT2D eigenvalue weighted by atomic mass is 19.1. The largest absolute Gasteiger partial charge is 0.494 e. The second-order valence-electron chi connectivity index (χ2n) is 10.3. The van der Waals surface area contributed by atoms with Crippen molar-refractivity contribution in [2.45, 2.75) is 58.5 Å². The topological polar surface area (TPSA) is 92.5 Å². The molecule has 0 unspecified atom stereocenters. The minimum Gasteiger partial charge on any atom is -0.494 e. The molecule has 1 amide bonds. The van der Waals surface area contributed by atoms with E-state index >= 15 is 0 Å². The molecule has 9 heteroatoms. The van der Waals surface area contributed by atoms with Gasteiger partial charge in [0.15, 0.2) is 5.67 Å². The lowest BCUT2D eigenvalue weighted by Crippen LogP contribution is -2.43. The minimum atomic E-state index is -1.62. The highest BCUT2D eigenvalue weighted by Crippen LogP contribution is 2.28. The number of hydrogen-bond acceptors (Lipinski definition) is 7. The number of carbonyl (C=O) groups excluding carboxylic acids is 1. The van der Waals surface area contributed by atoms with Crippen LogP contribution < -0.4 is 20.3 Å². The van der Waals surface area contributed by atoms with Gasteiger partial charge in [-0.2, -0.15) is 4.98 Å². The molecule has 35 heavy (non-hydrogen) atoms. The van der Waals surface area contributed by atoms with Gasteiger partial charge in [0.05, 0.1) is 6.61 Å². The molecule has 0 saturated carbocycles. The van der Waals surface area contributed by atoms with Gasteiger partial charge in [0, 0.05) is 25.2 Å². The fourth-order valence-corrected chi connectivity index (χ4v) is 4.59. The number of rotatable bonds is 11. The first-order valence-electron chi connectivity index (χ1n) is 12.8. The van der Waals surface area contributed by atoms with E-state index in [0.29, 0.717) is 36.5 Å². The van der Waals surface area contributed by atoms with E-state index in [1.807, 2.05) is 25.1 Å². The number of amides is 1. The zero-order valence-electron chi connectivity index (χ0n) is 21.1. The first-order chi connectivity index (χ1) is 16.8. The predicted octanol–water partition coefficient (Wildman–Crippen LogP) is 4.00. The molecular weight excluding hydrogens is 449 g/mol. The van der Waals surface area contributed by atoms with Crippen LogP contribution in [0.15, 0.2) is 22.7 Å². The molecule has 2 aromatic rings. The first kappa shape index (κ1) is 25.4. The van der Waals surface area contributed by atoms with Gasteiger partial charge in [-0.3, -0.25) is 4.79 Å². The highest BCUT2D eigenvalue weighted by molar-refractivity contribution is 5.95. The third-order valence-electron chi connectivity index (χ3n) is 6.99. The zero-order chi connectivity index (χ0) is 24.8. The minimum absolute atomic E-state index is 0.0156. The molecule has 0 spiro atoms. The average molecular weight is 488 g/mol. The monoisotopic (exact) mass is 487 g/mol. The number of piperidine rings is 1. The molecule has 0 bridgehead atoms. The molecule has 2 N–H and O–H groups in total. The number of carbonyl (C=O) groups is 1. The maximum Gasteiger partial charge on any atom is 0.266 e. The number of anilines is 1. The quantitative estimate of drug-likeness (QED) is 0.463. The number of alkyl halides is 1. The number of benzene rings is 1. The summed E-state index contributed by atoms with van der Waals surface area (Å²) in [6, 6.07) is 5.68. The van der Waals surface area contributed by atoms with Gasteiger partial charge in [-0.05, 0) is 107 Å². The van der Waals surface area contributed by atoms with Crippen molar-refractivity contribution in [3.8, 4) is 5.75 Å². The van der Waals surface area contributed by atoms with Crippen LogP contribution in [0, 0.1) is 18.8 Å². The molecule has 0 atom stereocenters. The van der Waals surface area contributed by atoms with Crippen molar-refractivity contribution >= 4 is 11.9 Å². The van der Waals surface area contributed by atoms with Gasteiger partial charge in [-0.25, -0.2) is 4.39 Å². The molecular formula is C26H38FN5O3. The smallest absolute Gasteiger partial charge is 0.266 e. The van der Waals surface area contributed by atoms with Crippen LogP contribution in [-0.2, 0) is 5.67 Å². The molecule has 1 aromatic carbocycles. The van der Waals surface area contributed by atoms with Crippen LogP contribution in [0.1, 0.15) is 67.8 Å². The Labute approximate surface area is 207 Å². The molecule has 2 saturated heterocycles. The van der Waals surface area contributed by atoms with Crippen LogP contribution in [0.2, 0.25) is 0 Å².